The average Bonchev–Trinajstić information content (AvgIpc) is 3.47. The molecule has 0 unspecified atom stereocenters. The van der Waals surface area contributed by atoms with Gasteiger partial charge in [-0.1, -0.05) is 22.9 Å². The van der Waals surface area contributed by atoms with Gasteiger partial charge in [0, 0.05) is 20.4 Å². The number of rotatable bonds is 7. The molecular formula is C19H18N8O2S2. The Hall–Kier alpha value is -3.51. The third-order valence-corrected chi connectivity index (χ3v) is 6.15. The molecule has 1 amide bonds. The molecule has 0 aliphatic heterocycles. The fourth-order valence-electron chi connectivity index (χ4n) is 2.63. The van der Waals surface area contributed by atoms with Crippen LogP contribution in [0.25, 0.3) is 5.82 Å². The molecule has 3 N–H and O–H groups in total. The number of benzene rings is 1. The van der Waals surface area contributed by atoms with E-state index in [0.717, 1.165) is 20.2 Å². The Bertz CT molecular complexity index is 1230. The van der Waals surface area contributed by atoms with Crippen LogP contribution in [0.3, 0.4) is 0 Å². The van der Waals surface area contributed by atoms with Crippen molar-refractivity contribution in [3.8, 4) is 5.82 Å². The van der Waals surface area contributed by atoms with Gasteiger partial charge in [-0.3, -0.25) is 4.79 Å². The summed E-state index contributed by atoms with van der Waals surface area (Å²) < 4.78 is 6.03. The molecule has 0 aliphatic rings. The standard InChI is InChI=1S/C19H18N8O2S2/c1-11-3-6-13(7-4-11)30-10-15-16(22-26-27(15)18-17(20)24-29-25-18)19(28)23-21-9-14-8-5-12(2)31-14/h3-9H,10H2,1-2H3,(H2,20,24)(H,23,28). The first-order chi connectivity index (χ1) is 15.0. The number of nitrogens with one attached hydrogen (secondary N) is 1. The predicted molar refractivity (Wildman–Crippen MR) is 118 cm³/mol. The highest BCUT2D eigenvalue weighted by molar-refractivity contribution is 7.98. The first kappa shape index (κ1) is 20.8. The lowest BCUT2D eigenvalue weighted by atomic mass is 10.2. The third kappa shape index (κ3) is 4.81. The van der Waals surface area contributed by atoms with Gasteiger partial charge >= 0.3 is 0 Å². The maximum absolute atomic E-state index is 12.7. The number of thioether (sulfide) groups is 1. The highest BCUT2D eigenvalue weighted by Gasteiger charge is 2.24. The number of nitrogens with two attached hydrogens (primary N) is 1. The van der Waals surface area contributed by atoms with Gasteiger partial charge in [-0.2, -0.15) is 9.78 Å². The van der Waals surface area contributed by atoms with E-state index < -0.39 is 5.91 Å². The molecule has 0 aliphatic carbocycles. The zero-order chi connectivity index (χ0) is 21.8. The van der Waals surface area contributed by atoms with E-state index in [1.54, 1.807) is 17.6 Å². The van der Waals surface area contributed by atoms with E-state index in [-0.39, 0.29) is 17.3 Å². The van der Waals surface area contributed by atoms with Gasteiger partial charge in [0.15, 0.2) is 5.69 Å². The molecule has 1 aromatic carbocycles. The van der Waals surface area contributed by atoms with Crippen LogP contribution in [0.1, 0.15) is 31.5 Å². The molecular weight excluding hydrogens is 436 g/mol. The number of amides is 1. The lowest BCUT2D eigenvalue weighted by Gasteiger charge is -2.06. The first-order valence-electron chi connectivity index (χ1n) is 9.13. The van der Waals surface area contributed by atoms with Gasteiger partial charge < -0.3 is 5.73 Å². The van der Waals surface area contributed by atoms with E-state index in [0.29, 0.717) is 11.4 Å². The fourth-order valence-corrected chi connectivity index (χ4v) is 4.27. The predicted octanol–water partition coefficient (Wildman–Crippen LogP) is 2.97. The molecule has 158 valence electrons. The minimum absolute atomic E-state index is 0.0459. The minimum Gasteiger partial charge on any atom is -0.378 e. The van der Waals surface area contributed by atoms with Crippen molar-refractivity contribution in [2.45, 2.75) is 24.5 Å². The Morgan fingerprint density at radius 1 is 1.26 bits per heavy atom. The van der Waals surface area contributed by atoms with Crippen LogP contribution >= 0.6 is 23.1 Å². The highest BCUT2D eigenvalue weighted by atomic mass is 32.2. The number of carbonyl (C=O) groups is 1. The molecule has 0 saturated heterocycles. The van der Waals surface area contributed by atoms with E-state index in [2.05, 4.69) is 35.8 Å². The third-order valence-electron chi connectivity index (χ3n) is 4.19. The summed E-state index contributed by atoms with van der Waals surface area (Å²) in [7, 11) is 0. The number of aromatic nitrogens is 5. The Kier molecular flexibility index (Phi) is 6.09. The first-order valence-corrected chi connectivity index (χ1v) is 10.9. The van der Waals surface area contributed by atoms with Crippen LogP contribution < -0.4 is 11.2 Å². The number of hydrogen-bond acceptors (Lipinski definition) is 10. The molecule has 0 atom stereocenters. The highest BCUT2D eigenvalue weighted by Crippen LogP contribution is 2.26. The molecule has 10 nitrogen and oxygen atoms in total. The van der Waals surface area contributed by atoms with Crippen molar-refractivity contribution in [2.75, 3.05) is 5.73 Å². The summed E-state index contributed by atoms with van der Waals surface area (Å²) in [6.45, 7) is 4.02. The van der Waals surface area contributed by atoms with E-state index in [1.165, 1.54) is 16.4 Å². The molecule has 0 fully saturated rings. The SMILES string of the molecule is Cc1ccc(SCc2c(C(=O)NN=Cc3ccc(C)s3)nnn2-c2nonc2N)cc1. The Balaban J connectivity index is 1.58. The van der Waals surface area contributed by atoms with Gasteiger partial charge in [-0.05, 0) is 48.4 Å². The minimum atomic E-state index is -0.495. The van der Waals surface area contributed by atoms with Crippen molar-refractivity contribution in [3.05, 3.63) is 63.1 Å². The fraction of sp³-hybridized carbons (Fsp3) is 0.158. The van der Waals surface area contributed by atoms with Gasteiger partial charge in [0.05, 0.1) is 11.9 Å². The summed E-state index contributed by atoms with van der Waals surface area (Å²) in [6.07, 6.45) is 1.58. The van der Waals surface area contributed by atoms with Crippen molar-refractivity contribution >= 4 is 41.0 Å². The summed E-state index contributed by atoms with van der Waals surface area (Å²) in [5.74, 6) is 0.109. The van der Waals surface area contributed by atoms with Crippen LogP contribution in [0.5, 0.6) is 0 Å². The van der Waals surface area contributed by atoms with Crippen LogP contribution in [0.2, 0.25) is 0 Å². The smallest absolute Gasteiger partial charge is 0.293 e. The molecule has 3 aromatic heterocycles. The maximum atomic E-state index is 12.7. The lowest BCUT2D eigenvalue weighted by molar-refractivity contribution is 0.0949. The van der Waals surface area contributed by atoms with Crippen molar-refractivity contribution in [3.63, 3.8) is 0 Å². The van der Waals surface area contributed by atoms with E-state index in [9.17, 15) is 4.79 Å². The number of aryl methyl sites for hydroxylation is 2. The molecule has 3 heterocycles. The van der Waals surface area contributed by atoms with Gasteiger partial charge in [0.25, 0.3) is 5.91 Å². The Morgan fingerprint density at radius 2 is 2.06 bits per heavy atom. The Labute approximate surface area is 185 Å². The molecule has 12 heteroatoms. The topological polar surface area (TPSA) is 137 Å². The van der Waals surface area contributed by atoms with E-state index in [1.807, 2.05) is 50.2 Å². The number of anilines is 1. The average molecular weight is 455 g/mol. The number of hydrazone groups is 1. The maximum Gasteiger partial charge on any atom is 0.293 e. The van der Waals surface area contributed by atoms with Crippen molar-refractivity contribution in [1.29, 1.82) is 0 Å². The Morgan fingerprint density at radius 3 is 2.74 bits per heavy atom. The quantitative estimate of drug-likeness (QED) is 0.247. The van der Waals surface area contributed by atoms with Crippen LogP contribution in [0.15, 0.2) is 51.0 Å². The number of hydrogen-bond donors (Lipinski definition) is 2. The van der Waals surface area contributed by atoms with E-state index >= 15 is 0 Å². The zero-order valence-corrected chi connectivity index (χ0v) is 18.3. The van der Waals surface area contributed by atoms with Crippen LogP contribution in [-0.4, -0.2) is 37.4 Å². The number of nitrogens with zero attached hydrogens (tertiary/aromatic N) is 6. The summed E-state index contributed by atoms with van der Waals surface area (Å²) >= 11 is 3.10. The molecule has 0 bridgehead atoms. The summed E-state index contributed by atoms with van der Waals surface area (Å²) in [4.78, 5) is 15.9. The molecule has 0 radical (unpaired) electrons. The lowest BCUT2D eigenvalue weighted by Crippen LogP contribution is -2.20. The van der Waals surface area contributed by atoms with Crippen molar-refractivity contribution < 1.29 is 9.42 Å². The zero-order valence-electron chi connectivity index (χ0n) is 16.6. The van der Waals surface area contributed by atoms with Gasteiger partial charge in [0.2, 0.25) is 11.6 Å². The second kappa shape index (κ2) is 9.10. The summed E-state index contributed by atoms with van der Waals surface area (Å²) in [5.41, 5.74) is 10.1. The summed E-state index contributed by atoms with van der Waals surface area (Å²) in [6, 6.07) is 12.0. The van der Waals surface area contributed by atoms with Crippen molar-refractivity contribution in [1.82, 2.24) is 30.7 Å². The normalized spacial score (nSPS) is 11.3. The number of thiophene rings is 1. The van der Waals surface area contributed by atoms with Crippen molar-refractivity contribution in [2.24, 2.45) is 5.10 Å². The van der Waals surface area contributed by atoms with Crippen LogP contribution in [0, 0.1) is 13.8 Å². The molecule has 0 spiro atoms. The van der Waals surface area contributed by atoms with Gasteiger partial charge in [0.1, 0.15) is 0 Å². The molecule has 4 rings (SSSR count). The van der Waals surface area contributed by atoms with Crippen LogP contribution in [0.4, 0.5) is 5.82 Å². The second-order valence-electron chi connectivity index (χ2n) is 6.52. The van der Waals surface area contributed by atoms with Crippen LogP contribution in [-0.2, 0) is 5.75 Å². The molecule has 0 saturated carbocycles. The van der Waals surface area contributed by atoms with Gasteiger partial charge in [-0.15, -0.1) is 28.2 Å². The van der Waals surface area contributed by atoms with E-state index in [4.69, 9.17) is 5.73 Å². The molecule has 31 heavy (non-hydrogen) atoms. The van der Waals surface area contributed by atoms with Gasteiger partial charge in [-0.25, -0.2) is 10.1 Å². The second-order valence-corrected chi connectivity index (χ2v) is 8.89. The summed E-state index contributed by atoms with van der Waals surface area (Å²) in [5, 5.41) is 19.4. The largest absolute Gasteiger partial charge is 0.378 e. The monoisotopic (exact) mass is 454 g/mol. The molecule has 4 aromatic rings. The number of carbonyl (C=O) groups excluding carboxylic acids is 1. The number of nitrogen functional groups attached to an aromatic ring is 1.